The van der Waals surface area contributed by atoms with Crippen LogP contribution in [0.25, 0.3) is 5.57 Å². The minimum absolute atomic E-state index is 0.207. The molecule has 0 aliphatic heterocycles. The molecule has 0 spiro atoms. The molecule has 0 aromatic heterocycles. The minimum Gasteiger partial charge on any atom is -0.508 e. The van der Waals surface area contributed by atoms with Crippen molar-refractivity contribution in [3.63, 3.8) is 0 Å². The molecule has 1 aromatic carbocycles. The van der Waals surface area contributed by atoms with Gasteiger partial charge in [-0.25, -0.2) is 0 Å². The second-order valence-electron chi connectivity index (χ2n) is 7.48. The Labute approximate surface area is 163 Å². The molecule has 1 aromatic rings. The second kappa shape index (κ2) is 12.9. The van der Waals surface area contributed by atoms with Crippen LogP contribution >= 0.6 is 9.24 Å². The van der Waals surface area contributed by atoms with Crippen LogP contribution in [0.3, 0.4) is 0 Å². The van der Waals surface area contributed by atoms with Crippen molar-refractivity contribution in [3.05, 3.63) is 42.0 Å². The van der Waals surface area contributed by atoms with Crippen LogP contribution < -0.4 is 5.30 Å². The summed E-state index contributed by atoms with van der Waals surface area (Å²) in [7, 11) is 2.60. The van der Waals surface area contributed by atoms with E-state index in [9.17, 15) is 9.90 Å². The lowest BCUT2D eigenvalue weighted by Gasteiger charge is -2.09. The van der Waals surface area contributed by atoms with Crippen LogP contribution in [0.15, 0.2) is 30.9 Å². The fraction of sp³-hybridized carbons (Fsp3) is 0.522. The molecule has 26 heavy (non-hydrogen) atoms. The highest BCUT2D eigenvalue weighted by Gasteiger charge is 2.08. The summed E-state index contributed by atoms with van der Waals surface area (Å²) in [5, 5.41) is 10.3. The Morgan fingerprint density at radius 1 is 1.31 bits per heavy atom. The van der Waals surface area contributed by atoms with Gasteiger partial charge in [0.15, 0.2) is 5.78 Å². The first kappa shape index (κ1) is 24.6. The van der Waals surface area contributed by atoms with E-state index in [1.165, 1.54) is 6.42 Å². The highest BCUT2D eigenvalue weighted by Crippen LogP contribution is 2.21. The number of hydrogen-bond donors (Lipinski definition) is 1. The molecule has 3 heteroatoms. The average molecular weight is 377 g/mol. The summed E-state index contributed by atoms with van der Waals surface area (Å²) in [4.78, 5) is 11.5. The molecule has 0 fully saturated rings. The molecule has 0 aliphatic carbocycles. The van der Waals surface area contributed by atoms with Crippen molar-refractivity contribution in [1.29, 1.82) is 0 Å². The van der Waals surface area contributed by atoms with Crippen molar-refractivity contribution >= 4 is 25.9 Å². The number of carbonyl (C=O) groups excluding carboxylic acids is 1. The lowest BCUT2D eigenvalue weighted by atomic mass is 9.98. The maximum Gasteiger partial charge on any atom is 0.158 e. The van der Waals surface area contributed by atoms with Crippen molar-refractivity contribution in [1.82, 2.24) is 0 Å². The number of rotatable bonds is 8. The Balaban J connectivity index is 0.000000485. The van der Waals surface area contributed by atoms with E-state index in [2.05, 4.69) is 36.6 Å². The summed E-state index contributed by atoms with van der Waals surface area (Å²) >= 11 is 0. The summed E-state index contributed by atoms with van der Waals surface area (Å²) in [5.41, 5.74) is 3.21. The molecule has 0 saturated heterocycles. The van der Waals surface area contributed by atoms with E-state index in [1.807, 2.05) is 26.8 Å². The number of aromatic hydroxyl groups is 1. The molecule has 0 amide bonds. The summed E-state index contributed by atoms with van der Waals surface area (Å²) in [5.74, 6) is 1.45. The van der Waals surface area contributed by atoms with E-state index in [0.29, 0.717) is 17.5 Å². The predicted molar refractivity (Wildman–Crippen MR) is 119 cm³/mol. The van der Waals surface area contributed by atoms with Gasteiger partial charge in [-0.1, -0.05) is 58.8 Å². The molecule has 1 rings (SSSR count). The van der Waals surface area contributed by atoms with E-state index in [0.717, 1.165) is 41.3 Å². The first-order chi connectivity index (χ1) is 12.1. The smallest absolute Gasteiger partial charge is 0.158 e. The van der Waals surface area contributed by atoms with E-state index >= 15 is 0 Å². The maximum atomic E-state index is 11.5. The number of phenols is 1. The van der Waals surface area contributed by atoms with Gasteiger partial charge >= 0.3 is 0 Å². The minimum atomic E-state index is 0.207. The molecule has 0 radical (unpaired) electrons. The third kappa shape index (κ3) is 9.92. The SMILES string of the molecule is C=C(C)c1c(C)cc(O)cc1P.CCCCC(C)C(=O)/C=C\CC(C)C. The highest BCUT2D eigenvalue weighted by molar-refractivity contribution is 7.27. The molecule has 2 atom stereocenters. The number of hydrogen-bond acceptors (Lipinski definition) is 2. The zero-order chi connectivity index (χ0) is 20.3. The summed E-state index contributed by atoms with van der Waals surface area (Å²) < 4.78 is 0. The highest BCUT2D eigenvalue weighted by atomic mass is 31.0. The molecule has 0 heterocycles. The number of allylic oxidation sites excluding steroid dienone is 3. The Morgan fingerprint density at radius 2 is 1.92 bits per heavy atom. The fourth-order valence-electron chi connectivity index (χ4n) is 2.65. The first-order valence-corrected chi connectivity index (χ1v) is 10.1. The van der Waals surface area contributed by atoms with Crippen LogP contribution in [-0.2, 0) is 4.79 Å². The number of unbranched alkanes of at least 4 members (excludes halogenated alkanes) is 1. The number of benzene rings is 1. The van der Waals surface area contributed by atoms with Crippen molar-refractivity contribution in [2.75, 3.05) is 0 Å². The molecule has 2 nitrogen and oxygen atoms in total. The molecule has 0 aliphatic rings. The summed E-state index contributed by atoms with van der Waals surface area (Å²) in [6, 6.07) is 3.47. The number of ketones is 1. The zero-order valence-electron chi connectivity index (χ0n) is 17.4. The van der Waals surface area contributed by atoms with Crippen LogP contribution in [0.4, 0.5) is 0 Å². The van der Waals surface area contributed by atoms with Crippen LogP contribution in [0.1, 0.15) is 71.4 Å². The van der Waals surface area contributed by atoms with Gasteiger partial charge in [-0.05, 0) is 67.2 Å². The maximum absolute atomic E-state index is 11.5. The lowest BCUT2D eigenvalue weighted by Crippen LogP contribution is -2.07. The van der Waals surface area contributed by atoms with Crippen molar-refractivity contribution in [2.24, 2.45) is 11.8 Å². The van der Waals surface area contributed by atoms with Crippen molar-refractivity contribution in [2.45, 2.75) is 67.2 Å². The van der Waals surface area contributed by atoms with E-state index in [1.54, 1.807) is 18.2 Å². The Kier molecular flexibility index (Phi) is 12.2. The van der Waals surface area contributed by atoms with E-state index in [-0.39, 0.29) is 5.92 Å². The molecule has 146 valence electrons. The fourth-order valence-corrected chi connectivity index (χ4v) is 3.30. The van der Waals surface area contributed by atoms with Gasteiger partial charge in [0.05, 0.1) is 0 Å². The predicted octanol–water partition coefficient (Wildman–Crippen LogP) is 6.22. The molecule has 0 bridgehead atoms. The third-order valence-electron chi connectivity index (χ3n) is 4.14. The van der Waals surface area contributed by atoms with Gasteiger partial charge in [0.2, 0.25) is 0 Å². The number of phenolic OH excluding ortho intramolecular Hbond substituents is 1. The first-order valence-electron chi connectivity index (χ1n) is 9.55. The second-order valence-corrected chi connectivity index (χ2v) is 8.11. The Morgan fingerprint density at radius 3 is 2.38 bits per heavy atom. The molecular weight excluding hydrogens is 339 g/mol. The van der Waals surface area contributed by atoms with Gasteiger partial charge in [0, 0.05) is 5.92 Å². The van der Waals surface area contributed by atoms with Crippen LogP contribution in [-0.4, -0.2) is 10.9 Å². The van der Waals surface area contributed by atoms with E-state index in [4.69, 9.17) is 0 Å². The van der Waals surface area contributed by atoms with Crippen LogP contribution in [0, 0.1) is 18.8 Å². The van der Waals surface area contributed by atoms with Gasteiger partial charge in [0.1, 0.15) is 5.75 Å². The molecule has 1 N–H and O–H groups in total. The molecule has 2 unspecified atom stereocenters. The van der Waals surface area contributed by atoms with Gasteiger partial charge < -0.3 is 5.11 Å². The third-order valence-corrected chi connectivity index (χ3v) is 4.60. The topological polar surface area (TPSA) is 37.3 Å². The van der Waals surface area contributed by atoms with E-state index < -0.39 is 0 Å². The number of carbonyl (C=O) groups is 1. The van der Waals surface area contributed by atoms with Crippen molar-refractivity contribution in [3.8, 4) is 5.75 Å². The quantitative estimate of drug-likeness (QED) is 0.432. The van der Waals surface area contributed by atoms with Gasteiger partial charge in [-0.3, -0.25) is 4.79 Å². The standard InChI is InChI=1S/C13H24O.C10H13OP/c1-5-6-9-12(4)13(14)10-7-8-11(2)3;1-6(2)10-7(3)4-8(11)5-9(10)12/h7,10-12H,5-6,8-9H2,1-4H3;4-5,11H,1,12H2,2-3H3/b10-7-;. The lowest BCUT2D eigenvalue weighted by molar-refractivity contribution is -0.117. The molecule has 0 saturated carbocycles. The Bertz CT molecular complexity index is 592. The number of aryl methyl sites for hydroxylation is 1. The van der Waals surface area contributed by atoms with Gasteiger partial charge in [-0.2, -0.15) is 0 Å². The summed E-state index contributed by atoms with van der Waals surface area (Å²) in [6.45, 7) is 16.3. The average Bonchev–Trinajstić information content (AvgIpc) is 2.51. The van der Waals surface area contributed by atoms with Gasteiger partial charge in [0.25, 0.3) is 0 Å². The molecular formula is C23H37O2P. The van der Waals surface area contributed by atoms with Gasteiger partial charge in [-0.15, -0.1) is 9.24 Å². The zero-order valence-corrected chi connectivity index (χ0v) is 18.6. The normalized spacial score (nSPS) is 12.0. The van der Waals surface area contributed by atoms with Crippen LogP contribution in [0.2, 0.25) is 0 Å². The van der Waals surface area contributed by atoms with Crippen molar-refractivity contribution < 1.29 is 9.90 Å². The Hall–Kier alpha value is -1.40. The van der Waals surface area contributed by atoms with Crippen LogP contribution in [0.5, 0.6) is 5.75 Å². The monoisotopic (exact) mass is 376 g/mol. The largest absolute Gasteiger partial charge is 0.508 e. The summed E-state index contributed by atoms with van der Waals surface area (Å²) in [6.07, 6.45) is 8.14.